The third kappa shape index (κ3) is 1.59. The number of rotatable bonds is 3. The molecule has 0 bridgehead atoms. The lowest BCUT2D eigenvalue weighted by atomic mass is 9.97. The first kappa shape index (κ1) is 9.46. The maximum atomic E-state index is 5.21. The van der Waals surface area contributed by atoms with Crippen molar-refractivity contribution in [1.29, 1.82) is 0 Å². The maximum Gasteiger partial charge on any atom is 0.127 e. The summed E-state index contributed by atoms with van der Waals surface area (Å²) in [5.41, 5.74) is 5.17. The van der Waals surface area contributed by atoms with Crippen LogP contribution in [-0.2, 0) is 0 Å². The molecule has 17 heavy (non-hydrogen) atoms. The second kappa shape index (κ2) is 3.46. The van der Waals surface area contributed by atoms with Crippen LogP contribution in [0.3, 0.4) is 0 Å². The molecule has 1 heterocycles. The van der Waals surface area contributed by atoms with Crippen molar-refractivity contribution in [3.63, 3.8) is 0 Å². The molecule has 0 amide bonds. The van der Waals surface area contributed by atoms with Gasteiger partial charge in [0.25, 0.3) is 0 Å². The molecular formula is C15H15NO. The molecule has 86 valence electrons. The predicted octanol–water partition coefficient (Wildman–Crippen LogP) is 4.10. The van der Waals surface area contributed by atoms with E-state index in [1.165, 1.54) is 42.4 Å². The average Bonchev–Trinajstić information content (AvgIpc) is 3.28. The van der Waals surface area contributed by atoms with Crippen LogP contribution in [0.2, 0.25) is 0 Å². The van der Waals surface area contributed by atoms with Crippen molar-refractivity contribution >= 4 is 0 Å². The Balaban J connectivity index is 1.84. The number of benzene rings is 1. The molecule has 2 heteroatoms. The van der Waals surface area contributed by atoms with E-state index in [1.54, 1.807) is 0 Å². The first-order valence-corrected chi connectivity index (χ1v) is 6.47. The van der Waals surface area contributed by atoms with E-state index in [9.17, 15) is 0 Å². The normalized spacial score (nSPS) is 19.5. The quantitative estimate of drug-likeness (QED) is 0.786. The van der Waals surface area contributed by atoms with Crippen LogP contribution in [-0.4, -0.2) is 5.16 Å². The molecule has 2 fully saturated rings. The fourth-order valence-electron chi connectivity index (χ4n) is 2.60. The third-order valence-corrected chi connectivity index (χ3v) is 3.85. The number of aromatic nitrogens is 1. The molecule has 2 aliphatic carbocycles. The largest absolute Gasteiger partial charge is 0.364 e. The van der Waals surface area contributed by atoms with Crippen LogP contribution in [0.1, 0.15) is 48.6 Å². The molecule has 2 nitrogen and oxygen atoms in total. The smallest absolute Gasteiger partial charge is 0.127 e. The Bertz CT molecular complexity index is 550. The van der Waals surface area contributed by atoms with Gasteiger partial charge in [-0.05, 0) is 43.1 Å². The summed E-state index contributed by atoms with van der Waals surface area (Å²) in [5, 5.41) is 4.24. The summed E-state index contributed by atoms with van der Waals surface area (Å²) in [7, 11) is 0. The zero-order valence-corrected chi connectivity index (χ0v) is 9.73. The molecule has 0 spiro atoms. The molecule has 0 aliphatic heterocycles. The van der Waals surface area contributed by atoms with Gasteiger partial charge >= 0.3 is 0 Å². The van der Waals surface area contributed by atoms with E-state index in [0.29, 0.717) is 5.92 Å². The van der Waals surface area contributed by atoms with Gasteiger partial charge in [-0.15, -0.1) is 0 Å². The van der Waals surface area contributed by atoms with E-state index in [-0.39, 0.29) is 0 Å². The van der Waals surface area contributed by atoms with Crippen molar-refractivity contribution in [3.05, 3.63) is 41.7 Å². The Kier molecular flexibility index (Phi) is 1.92. The first-order chi connectivity index (χ1) is 8.43. The van der Waals surface area contributed by atoms with Crippen molar-refractivity contribution < 1.29 is 4.52 Å². The highest BCUT2D eigenvalue weighted by Gasteiger charge is 2.32. The molecule has 1 aromatic heterocycles. The number of nitrogens with zero attached hydrogens (tertiary/aromatic N) is 1. The fraction of sp³-hybridized carbons (Fsp3) is 0.400. The van der Waals surface area contributed by atoms with Crippen molar-refractivity contribution in [2.45, 2.75) is 37.5 Å². The van der Waals surface area contributed by atoms with E-state index in [4.69, 9.17) is 4.52 Å². The van der Waals surface area contributed by atoms with Gasteiger partial charge in [-0.1, -0.05) is 29.4 Å². The SMILES string of the molecule is c1ccc(C2CC2)c(-c2nocc2C2CC2)c1. The van der Waals surface area contributed by atoms with E-state index >= 15 is 0 Å². The summed E-state index contributed by atoms with van der Waals surface area (Å²) in [6.07, 6.45) is 7.08. The van der Waals surface area contributed by atoms with Gasteiger partial charge in [-0.25, -0.2) is 0 Å². The van der Waals surface area contributed by atoms with E-state index in [1.807, 2.05) is 6.26 Å². The molecule has 2 saturated carbocycles. The van der Waals surface area contributed by atoms with Gasteiger partial charge in [0.1, 0.15) is 12.0 Å². The molecule has 0 radical (unpaired) electrons. The minimum absolute atomic E-state index is 0.698. The lowest BCUT2D eigenvalue weighted by Crippen LogP contribution is -1.90. The summed E-state index contributed by atoms with van der Waals surface area (Å²) in [5.74, 6) is 1.46. The van der Waals surface area contributed by atoms with E-state index in [0.717, 1.165) is 11.6 Å². The topological polar surface area (TPSA) is 26.0 Å². The van der Waals surface area contributed by atoms with E-state index < -0.39 is 0 Å². The Morgan fingerprint density at radius 3 is 2.41 bits per heavy atom. The monoisotopic (exact) mass is 225 g/mol. The highest BCUT2D eigenvalue weighted by Crippen LogP contribution is 2.48. The zero-order valence-electron chi connectivity index (χ0n) is 9.73. The van der Waals surface area contributed by atoms with Crippen LogP contribution >= 0.6 is 0 Å². The summed E-state index contributed by atoms with van der Waals surface area (Å²) in [4.78, 5) is 0. The highest BCUT2D eigenvalue weighted by atomic mass is 16.5. The van der Waals surface area contributed by atoms with Gasteiger partial charge in [0.15, 0.2) is 0 Å². The van der Waals surface area contributed by atoms with E-state index in [2.05, 4.69) is 29.4 Å². The molecule has 0 atom stereocenters. The van der Waals surface area contributed by atoms with Crippen molar-refractivity contribution in [3.8, 4) is 11.3 Å². The molecule has 0 saturated heterocycles. The second-order valence-corrected chi connectivity index (χ2v) is 5.25. The summed E-state index contributed by atoms with van der Waals surface area (Å²) in [6, 6.07) is 8.68. The average molecular weight is 225 g/mol. The maximum absolute atomic E-state index is 5.21. The molecule has 4 rings (SSSR count). The van der Waals surface area contributed by atoms with Gasteiger partial charge in [-0.3, -0.25) is 0 Å². The fourth-order valence-corrected chi connectivity index (χ4v) is 2.60. The van der Waals surface area contributed by atoms with Crippen LogP contribution < -0.4 is 0 Å². The Morgan fingerprint density at radius 1 is 0.941 bits per heavy atom. The highest BCUT2D eigenvalue weighted by molar-refractivity contribution is 5.68. The molecule has 1 aromatic carbocycles. The molecule has 2 aliphatic rings. The summed E-state index contributed by atoms with van der Waals surface area (Å²) < 4.78 is 5.21. The van der Waals surface area contributed by atoms with Gasteiger partial charge in [0.2, 0.25) is 0 Å². The van der Waals surface area contributed by atoms with Gasteiger partial charge in [0, 0.05) is 11.1 Å². The molecule has 0 N–H and O–H groups in total. The molecule has 2 aromatic rings. The van der Waals surface area contributed by atoms with Gasteiger partial charge in [-0.2, -0.15) is 0 Å². The minimum atomic E-state index is 0.698. The lowest BCUT2D eigenvalue weighted by molar-refractivity contribution is 0.421. The Morgan fingerprint density at radius 2 is 1.65 bits per heavy atom. The predicted molar refractivity (Wildman–Crippen MR) is 65.9 cm³/mol. The van der Waals surface area contributed by atoms with Crippen LogP contribution in [0.5, 0.6) is 0 Å². The van der Waals surface area contributed by atoms with Gasteiger partial charge < -0.3 is 4.52 Å². The van der Waals surface area contributed by atoms with Gasteiger partial charge in [0.05, 0.1) is 0 Å². The van der Waals surface area contributed by atoms with Crippen molar-refractivity contribution in [2.24, 2.45) is 0 Å². The van der Waals surface area contributed by atoms with Crippen LogP contribution in [0.25, 0.3) is 11.3 Å². The lowest BCUT2D eigenvalue weighted by Gasteiger charge is -2.06. The van der Waals surface area contributed by atoms with Crippen molar-refractivity contribution in [2.75, 3.05) is 0 Å². The van der Waals surface area contributed by atoms with Crippen molar-refractivity contribution in [1.82, 2.24) is 5.16 Å². The standard InChI is InChI=1S/C15H15NO/c1-2-4-13(12(3-1)10-5-6-10)15-14(9-17-16-15)11-7-8-11/h1-4,9-11H,5-8H2. The third-order valence-electron chi connectivity index (χ3n) is 3.85. The summed E-state index contributed by atoms with van der Waals surface area (Å²) in [6.45, 7) is 0. The first-order valence-electron chi connectivity index (χ1n) is 6.47. The Labute approximate surface area is 101 Å². The van der Waals surface area contributed by atoms with Crippen LogP contribution in [0.4, 0.5) is 0 Å². The molecular weight excluding hydrogens is 210 g/mol. The second-order valence-electron chi connectivity index (χ2n) is 5.25. The molecule has 0 unspecified atom stereocenters. The number of hydrogen-bond donors (Lipinski definition) is 0. The van der Waals surface area contributed by atoms with Crippen LogP contribution in [0, 0.1) is 0 Å². The summed E-state index contributed by atoms with van der Waals surface area (Å²) >= 11 is 0. The minimum Gasteiger partial charge on any atom is -0.364 e. The Hall–Kier alpha value is -1.57. The zero-order chi connectivity index (χ0) is 11.2. The number of hydrogen-bond acceptors (Lipinski definition) is 2. The van der Waals surface area contributed by atoms with Crippen LogP contribution in [0.15, 0.2) is 35.1 Å².